The average Bonchev–Trinajstić information content (AvgIpc) is 3.37. The summed E-state index contributed by atoms with van der Waals surface area (Å²) in [7, 11) is 0. The summed E-state index contributed by atoms with van der Waals surface area (Å²) >= 11 is 1.42. The quantitative estimate of drug-likeness (QED) is 0.785. The molecule has 0 spiro atoms. The van der Waals surface area contributed by atoms with Crippen LogP contribution < -0.4 is 5.32 Å². The lowest BCUT2D eigenvalue weighted by atomic mass is 9.89. The molecule has 4 rings (SSSR count). The van der Waals surface area contributed by atoms with Gasteiger partial charge in [0.05, 0.1) is 18.0 Å². The molecule has 1 N–H and O–H groups in total. The third kappa shape index (κ3) is 3.96. The second-order valence-corrected chi connectivity index (χ2v) is 8.16. The van der Waals surface area contributed by atoms with Gasteiger partial charge in [-0.25, -0.2) is 4.98 Å². The number of nitrogens with one attached hydrogen (secondary N) is 1. The first-order chi connectivity index (χ1) is 12.7. The Kier molecular flexibility index (Phi) is 5.02. The van der Waals surface area contributed by atoms with E-state index >= 15 is 0 Å². The number of rotatable bonds is 6. The second kappa shape index (κ2) is 7.58. The highest BCUT2D eigenvalue weighted by atomic mass is 32.1. The third-order valence-electron chi connectivity index (χ3n) is 5.37. The van der Waals surface area contributed by atoms with E-state index in [1.54, 1.807) is 0 Å². The molecule has 0 saturated heterocycles. The molecule has 1 aromatic carbocycles. The molecule has 1 amide bonds. The number of hydrogen-bond donors (Lipinski definition) is 1. The van der Waals surface area contributed by atoms with Crippen LogP contribution in [0.3, 0.4) is 0 Å². The molecule has 2 fully saturated rings. The summed E-state index contributed by atoms with van der Waals surface area (Å²) in [6.45, 7) is 0.198. The fourth-order valence-corrected chi connectivity index (χ4v) is 4.92. The molecule has 26 heavy (non-hydrogen) atoms. The van der Waals surface area contributed by atoms with E-state index in [0.717, 1.165) is 23.0 Å². The van der Waals surface area contributed by atoms with Crippen LogP contribution in [0.15, 0.2) is 35.7 Å². The van der Waals surface area contributed by atoms with Crippen molar-refractivity contribution in [3.05, 3.63) is 46.4 Å². The lowest BCUT2D eigenvalue weighted by molar-refractivity contribution is -0.151. The van der Waals surface area contributed by atoms with Crippen molar-refractivity contribution in [2.75, 3.05) is 5.32 Å². The van der Waals surface area contributed by atoms with Gasteiger partial charge < -0.3 is 10.1 Å². The maximum Gasteiger partial charge on any atom is 0.309 e. The van der Waals surface area contributed by atoms with Crippen molar-refractivity contribution in [3.63, 3.8) is 0 Å². The van der Waals surface area contributed by atoms with Crippen LogP contribution in [0, 0.1) is 17.8 Å². The summed E-state index contributed by atoms with van der Waals surface area (Å²) < 4.78 is 5.48. The number of esters is 1. The van der Waals surface area contributed by atoms with E-state index in [9.17, 15) is 9.59 Å². The molecule has 2 saturated carbocycles. The van der Waals surface area contributed by atoms with Crippen molar-refractivity contribution in [1.29, 1.82) is 0 Å². The second-order valence-electron chi connectivity index (χ2n) is 7.21. The molecule has 1 heterocycles. The predicted octanol–water partition coefficient (Wildman–Crippen LogP) is 3.80. The molecule has 6 heteroatoms. The summed E-state index contributed by atoms with van der Waals surface area (Å²) in [6.07, 6.45) is 4.85. The SMILES string of the molecule is O=C(Cc1nc(COC(=O)[C@@H]2C[C@H]3CC[C@H]2C3)cs1)Nc1ccccc1. The standard InChI is InChI=1S/C20H22N2O3S/c23-18(21-15-4-2-1-3-5-15)10-19-22-16(12-26-19)11-25-20(24)17-9-13-6-7-14(17)8-13/h1-5,12-14,17H,6-11H2,(H,21,23)/t13-,14-,17+/m0/s1. The highest BCUT2D eigenvalue weighted by Gasteiger charge is 2.43. The summed E-state index contributed by atoms with van der Waals surface area (Å²) in [5.41, 5.74) is 1.49. The van der Waals surface area contributed by atoms with Gasteiger partial charge in [-0.15, -0.1) is 11.3 Å². The minimum atomic E-state index is -0.101. The van der Waals surface area contributed by atoms with Crippen molar-refractivity contribution in [3.8, 4) is 0 Å². The van der Waals surface area contributed by atoms with Gasteiger partial charge in [0.1, 0.15) is 11.6 Å². The Morgan fingerprint density at radius 1 is 1.19 bits per heavy atom. The summed E-state index contributed by atoms with van der Waals surface area (Å²) in [5.74, 6) is 1.17. The van der Waals surface area contributed by atoms with Crippen LogP contribution in [0.4, 0.5) is 5.69 Å². The zero-order valence-electron chi connectivity index (χ0n) is 14.5. The van der Waals surface area contributed by atoms with Crippen LogP contribution in [0.2, 0.25) is 0 Å². The molecule has 3 atom stereocenters. The first-order valence-corrected chi connectivity index (χ1v) is 10.00. The minimum absolute atomic E-state index is 0.0754. The van der Waals surface area contributed by atoms with Gasteiger partial charge in [0.2, 0.25) is 5.91 Å². The topological polar surface area (TPSA) is 68.3 Å². The normalized spacial score (nSPS) is 23.8. The monoisotopic (exact) mass is 370 g/mol. The highest BCUT2D eigenvalue weighted by Crippen LogP contribution is 2.48. The number of amides is 1. The van der Waals surface area contributed by atoms with E-state index in [0.29, 0.717) is 11.6 Å². The number of ether oxygens (including phenoxy) is 1. The third-order valence-corrected chi connectivity index (χ3v) is 6.27. The van der Waals surface area contributed by atoms with Gasteiger partial charge in [-0.2, -0.15) is 0 Å². The minimum Gasteiger partial charge on any atom is -0.459 e. The molecule has 1 aromatic heterocycles. The van der Waals surface area contributed by atoms with Crippen LogP contribution in [0.5, 0.6) is 0 Å². The largest absolute Gasteiger partial charge is 0.459 e. The fourth-order valence-electron chi connectivity index (χ4n) is 4.15. The molecule has 5 nitrogen and oxygen atoms in total. The van der Waals surface area contributed by atoms with Crippen molar-refractivity contribution in [1.82, 2.24) is 4.98 Å². The first-order valence-electron chi connectivity index (χ1n) is 9.12. The van der Waals surface area contributed by atoms with Crippen LogP contribution in [0.25, 0.3) is 0 Å². The van der Waals surface area contributed by atoms with E-state index in [-0.39, 0.29) is 30.8 Å². The number of thiazole rings is 1. The summed E-state index contributed by atoms with van der Waals surface area (Å²) in [6, 6.07) is 9.35. The van der Waals surface area contributed by atoms with Crippen LogP contribution in [-0.2, 0) is 27.4 Å². The maximum absolute atomic E-state index is 12.3. The van der Waals surface area contributed by atoms with Gasteiger partial charge in [0.25, 0.3) is 0 Å². The van der Waals surface area contributed by atoms with E-state index in [4.69, 9.17) is 4.74 Å². The molecule has 0 radical (unpaired) electrons. The number of nitrogens with zero attached hydrogens (tertiary/aromatic N) is 1. The number of carbonyl (C=O) groups excluding carboxylic acids is 2. The highest BCUT2D eigenvalue weighted by molar-refractivity contribution is 7.09. The number of benzene rings is 1. The van der Waals surface area contributed by atoms with Crippen LogP contribution in [0.1, 0.15) is 36.4 Å². The zero-order valence-corrected chi connectivity index (χ0v) is 15.3. The molecule has 0 unspecified atom stereocenters. The number of aromatic nitrogens is 1. The smallest absolute Gasteiger partial charge is 0.309 e. The first kappa shape index (κ1) is 17.2. The van der Waals surface area contributed by atoms with Gasteiger partial charge in [0, 0.05) is 11.1 Å². The average molecular weight is 370 g/mol. The molecule has 2 aliphatic carbocycles. The Balaban J connectivity index is 1.25. The van der Waals surface area contributed by atoms with Crippen LogP contribution >= 0.6 is 11.3 Å². The lowest BCUT2D eigenvalue weighted by Gasteiger charge is -2.19. The van der Waals surface area contributed by atoms with E-state index in [1.807, 2.05) is 35.7 Å². The lowest BCUT2D eigenvalue weighted by Crippen LogP contribution is -2.23. The molecule has 136 valence electrons. The molecule has 0 aliphatic heterocycles. The van der Waals surface area contributed by atoms with Crippen molar-refractivity contribution < 1.29 is 14.3 Å². The van der Waals surface area contributed by atoms with E-state index < -0.39 is 0 Å². The van der Waals surface area contributed by atoms with Gasteiger partial charge >= 0.3 is 5.97 Å². The Labute approximate surface area is 156 Å². The molecule has 2 aromatic rings. The molecule has 2 aliphatic rings. The van der Waals surface area contributed by atoms with Crippen LogP contribution in [-0.4, -0.2) is 16.9 Å². The Morgan fingerprint density at radius 2 is 2.04 bits per heavy atom. The van der Waals surface area contributed by atoms with E-state index in [2.05, 4.69) is 10.3 Å². The number of anilines is 1. The maximum atomic E-state index is 12.3. The number of para-hydroxylation sites is 1. The summed E-state index contributed by atoms with van der Waals surface area (Å²) in [4.78, 5) is 28.8. The van der Waals surface area contributed by atoms with Gasteiger partial charge in [-0.05, 0) is 43.2 Å². The van der Waals surface area contributed by atoms with Crippen molar-refractivity contribution >= 4 is 28.9 Å². The van der Waals surface area contributed by atoms with E-state index in [1.165, 1.54) is 30.6 Å². The number of fused-ring (bicyclic) bond motifs is 2. The molecule has 2 bridgehead atoms. The van der Waals surface area contributed by atoms with Crippen molar-refractivity contribution in [2.45, 2.75) is 38.7 Å². The predicted molar refractivity (Wildman–Crippen MR) is 99.6 cm³/mol. The van der Waals surface area contributed by atoms with Gasteiger partial charge in [0.15, 0.2) is 0 Å². The Bertz CT molecular complexity index is 789. The zero-order chi connectivity index (χ0) is 17.9. The van der Waals surface area contributed by atoms with Crippen molar-refractivity contribution in [2.24, 2.45) is 17.8 Å². The summed E-state index contributed by atoms with van der Waals surface area (Å²) in [5, 5.41) is 5.43. The van der Waals surface area contributed by atoms with Gasteiger partial charge in [-0.1, -0.05) is 24.6 Å². The number of carbonyl (C=O) groups is 2. The fraction of sp³-hybridized carbons (Fsp3) is 0.450. The molecular formula is C20H22N2O3S. The Morgan fingerprint density at radius 3 is 2.77 bits per heavy atom. The number of hydrogen-bond acceptors (Lipinski definition) is 5. The Hall–Kier alpha value is -2.21. The van der Waals surface area contributed by atoms with Gasteiger partial charge in [-0.3, -0.25) is 9.59 Å². The molecular weight excluding hydrogens is 348 g/mol.